The summed E-state index contributed by atoms with van der Waals surface area (Å²) in [5.41, 5.74) is 4.25. The van der Waals surface area contributed by atoms with Gasteiger partial charge in [-0.1, -0.05) is 17.7 Å². The highest BCUT2D eigenvalue weighted by Gasteiger charge is 2.18. The highest BCUT2D eigenvalue weighted by atomic mass is 79.9. The Labute approximate surface area is 112 Å². The summed E-state index contributed by atoms with van der Waals surface area (Å²) in [5, 5.41) is 1.95. The van der Waals surface area contributed by atoms with Crippen molar-refractivity contribution in [3.8, 4) is 0 Å². The van der Waals surface area contributed by atoms with Crippen LogP contribution in [-0.2, 0) is 0 Å². The average Bonchev–Trinajstić information content (AvgIpc) is 2.71. The summed E-state index contributed by atoms with van der Waals surface area (Å²) in [4.78, 5) is 0.976. The highest BCUT2D eigenvalue weighted by molar-refractivity contribution is 9.10. The lowest BCUT2D eigenvalue weighted by Crippen LogP contribution is -2.29. The standard InChI is InChI=1S/C12H12BrFN2S/c1-7-2-3-10(14)9(4-7)12(16-15)11-5-8(13)6-17-11/h2-6,12,16H,15H2,1H3. The van der Waals surface area contributed by atoms with Crippen LogP contribution in [0, 0.1) is 12.7 Å². The van der Waals surface area contributed by atoms with E-state index in [1.165, 1.54) is 17.4 Å². The molecule has 0 aliphatic heterocycles. The first-order chi connectivity index (χ1) is 8.11. The van der Waals surface area contributed by atoms with Crippen molar-refractivity contribution in [2.24, 2.45) is 5.84 Å². The molecule has 1 aromatic heterocycles. The molecule has 1 atom stereocenters. The van der Waals surface area contributed by atoms with Crippen molar-refractivity contribution in [1.29, 1.82) is 0 Å². The number of hydrazine groups is 1. The summed E-state index contributed by atoms with van der Waals surface area (Å²) < 4.78 is 14.8. The predicted molar refractivity (Wildman–Crippen MR) is 72.3 cm³/mol. The molecular formula is C12H12BrFN2S. The molecule has 0 amide bonds. The van der Waals surface area contributed by atoms with Crippen molar-refractivity contribution < 1.29 is 4.39 Å². The van der Waals surface area contributed by atoms with Crippen LogP contribution in [0.15, 0.2) is 34.1 Å². The molecule has 1 heterocycles. The zero-order valence-corrected chi connectivity index (χ0v) is 11.6. The lowest BCUT2D eigenvalue weighted by atomic mass is 10.0. The van der Waals surface area contributed by atoms with E-state index in [0.29, 0.717) is 5.56 Å². The Morgan fingerprint density at radius 2 is 2.18 bits per heavy atom. The Bertz CT molecular complexity index is 527. The molecule has 0 radical (unpaired) electrons. The molecule has 0 aliphatic carbocycles. The van der Waals surface area contributed by atoms with Crippen LogP contribution < -0.4 is 11.3 Å². The van der Waals surface area contributed by atoms with Gasteiger partial charge >= 0.3 is 0 Å². The van der Waals surface area contributed by atoms with Gasteiger partial charge in [0.1, 0.15) is 5.82 Å². The van der Waals surface area contributed by atoms with E-state index >= 15 is 0 Å². The molecule has 90 valence electrons. The van der Waals surface area contributed by atoms with E-state index < -0.39 is 0 Å². The minimum atomic E-state index is -0.314. The fraction of sp³-hybridized carbons (Fsp3) is 0.167. The summed E-state index contributed by atoms with van der Waals surface area (Å²) in [5.74, 6) is 5.29. The molecular weight excluding hydrogens is 303 g/mol. The Hall–Kier alpha value is -0.750. The van der Waals surface area contributed by atoms with Gasteiger partial charge in [0.25, 0.3) is 0 Å². The third-order valence-electron chi connectivity index (χ3n) is 2.50. The third-order valence-corrected chi connectivity index (χ3v) is 4.26. The number of aryl methyl sites for hydroxylation is 1. The van der Waals surface area contributed by atoms with Crippen LogP contribution >= 0.6 is 27.3 Å². The van der Waals surface area contributed by atoms with E-state index in [1.54, 1.807) is 6.07 Å². The molecule has 3 N–H and O–H groups in total. The molecule has 0 saturated heterocycles. The Morgan fingerprint density at radius 1 is 1.41 bits per heavy atom. The highest BCUT2D eigenvalue weighted by Crippen LogP contribution is 2.31. The summed E-state index contributed by atoms with van der Waals surface area (Å²) in [7, 11) is 0. The summed E-state index contributed by atoms with van der Waals surface area (Å²) >= 11 is 4.92. The van der Waals surface area contributed by atoms with E-state index in [1.807, 2.05) is 24.4 Å². The predicted octanol–water partition coefficient (Wildman–Crippen LogP) is 3.51. The monoisotopic (exact) mass is 314 g/mol. The van der Waals surface area contributed by atoms with E-state index in [2.05, 4.69) is 21.4 Å². The molecule has 2 nitrogen and oxygen atoms in total. The van der Waals surface area contributed by atoms with Crippen LogP contribution in [-0.4, -0.2) is 0 Å². The summed E-state index contributed by atoms with van der Waals surface area (Å²) in [6, 6.07) is 6.66. The Morgan fingerprint density at radius 3 is 2.76 bits per heavy atom. The van der Waals surface area contributed by atoms with Crippen LogP contribution in [0.1, 0.15) is 22.0 Å². The Balaban J connectivity index is 2.45. The summed E-state index contributed by atoms with van der Waals surface area (Å²) in [6.07, 6.45) is 0. The van der Waals surface area contributed by atoms with Gasteiger partial charge in [0, 0.05) is 20.3 Å². The topological polar surface area (TPSA) is 38.0 Å². The van der Waals surface area contributed by atoms with Crippen LogP contribution in [0.4, 0.5) is 4.39 Å². The molecule has 0 aliphatic rings. The van der Waals surface area contributed by atoms with Crippen LogP contribution in [0.3, 0.4) is 0 Å². The Kier molecular flexibility index (Phi) is 3.93. The zero-order chi connectivity index (χ0) is 12.4. The van der Waals surface area contributed by atoms with E-state index in [-0.39, 0.29) is 11.9 Å². The van der Waals surface area contributed by atoms with Crippen molar-refractivity contribution in [3.63, 3.8) is 0 Å². The van der Waals surface area contributed by atoms with Crippen molar-refractivity contribution in [1.82, 2.24) is 5.43 Å². The maximum atomic E-state index is 13.8. The van der Waals surface area contributed by atoms with Gasteiger partial charge in [0.05, 0.1) is 6.04 Å². The lowest BCUT2D eigenvalue weighted by Gasteiger charge is -2.16. The van der Waals surface area contributed by atoms with Crippen molar-refractivity contribution >= 4 is 27.3 Å². The first-order valence-electron chi connectivity index (χ1n) is 5.08. The van der Waals surface area contributed by atoms with Crippen molar-refractivity contribution in [3.05, 3.63) is 55.9 Å². The van der Waals surface area contributed by atoms with Crippen molar-refractivity contribution in [2.45, 2.75) is 13.0 Å². The molecule has 0 fully saturated rings. The second-order valence-electron chi connectivity index (χ2n) is 3.79. The fourth-order valence-electron chi connectivity index (χ4n) is 1.69. The first kappa shape index (κ1) is 12.7. The minimum Gasteiger partial charge on any atom is -0.271 e. The number of hydrogen-bond acceptors (Lipinski definition) is 3. The first-order valence-corrected chi connectivity index (χ1v) is 6.75. The van der Waals surface area contributed by atoms with Gasteiger partial charge in [-0.2, -0.15) is 0 Å². The normalized spacial score (nSPS) is 12.7. The number of hydrogen-bond donors (Lipinski definition) is 2. The quantitative estimate of drug-likeness (QED) is 0.672. The van der Waals surface area contributed by atoms with Crippen LogP contribution in [0.25, 0.3) is 0 Å². The zero-order valence-electron chi connectivity index (χ0n) is 9.21. The van der Waals surface area contributed by atoms with Gasteiger partial charge in [0.15, 0.2) is 0 Å². The van der Waals surface area contributed by atoms with Crippen molar-refractivity contribution in [2.75, 3.05) is 0 Å². The van der Waals surface area contributed by atoms with E-state index in [9.17, 15) is 4.39 Å². The number of halogens is 2. The SMILES string of the molecule is Cc1ccc(F)c(C(NN)c2cc(Br)cs2)c1. The van der Waals surface area contributed by atoms with E-state index in [0.717, 1.165) is 14.9 Å². The molecule has 0 saturated carbocycles. The van der Waals surface area contributed by atoms with Gasteiger partial charge in [-0.3, -0.25) is 5.84 Å². The number of thiophene rings is 1. The molecule has 0 spiro atoms. The average molecular weight is 315 g/mol. The van der Waals surface area contributed by atoms with Gasteiger partial charge in [0.2, 0.25) is 0 Å². The molecule has 1 aromatic carbocycles. The van der Waals surface area contributed by atoms with Crippen LogP contribution in [0.2, 0.25) is 0 Å². The maximum Gasteiger partial charge on any atom is 0.128 e. The molecule has 2 rings (SSSR count). The lowest BCUT2D eigenvalue weighted by molar-refractivity contribution is 0.563. The smallest absolute Gasteiger partial charge is 0.128 e. The molecule has 0 bridgehead atoms. The molecule has 17 heavy (non-hydrogen) atoms. The van der Waals surface area contributed by atoms with Gasteiger partial charge < -0.3 is 0 Å². The summed E-state index contributed by atoms with van der Waals surface area (Å²) in [6.45, 7) is 1.93. The molecule has 1 unspecified atom stereocenters. The van der Waals surface area contributed by atoms with Gasteiger partial charge in [-0.05, 0) is 35.0 Å². The fourth-order valence-corrected chi connectivity index (χ4v) is 3.21. The number of nitrogens with one attached hydrogen (secondary N) is 1. The number of benzene rings is 1. The largest absolute Gasteiger partial charge is 0.271 e. The maximum absolute atomic E-state index is 13.8. The third kappa shape index (κ3) is 2.74. The minimum absolute atomic E-state index is 0.247. The second kappa shape index (κ2) is 5.27. The second-order valence-corrected chi connectivity index (χ2v) is 5.65. The van der Waals surface area contributed by atoms with Gasteiger partial charge in [-0.15, -0.1) is 11.3 Å². The molecule has 5 heteroatoms. The number of rotatable bonds is 3. The number of nitrogens with two attached hydrogens (primary N) is 1. The van der Waals surface area contributed by atoms with E-state index in [4.69, 9.17) is 5.84 Å². The molecule has 2 aromatic rings. The van der Waals surface area contributed by atoms with Crippen LogP contribution in [0.5, 0.6) is 0 Å². The van der Waals surface area contributed by atoms with Gasteiger partial charge in [-0.25, -0.2) is 9.82 Å².